The first-order chi connectivity index (χ1) is 23.8. The van der Waals surface area contributed by atoms with Crippen molar-refractivity contribution in [1.29, 1.82) is 0 Å². The van der Waals surface area contributed by atoms with Gasteiger partial charge in [0.05, 0.1) is 29.9 Å². The molecule has 0 unspecified atom stereocenters. The summed E-state index contributed by atoms with van der Waals surface area (Å²) in [7, 11) is 3.52. The zero-order chi connectivity index (χ0) is 33.4. The molecule has 4 aromatic rings. The van der Waals surface area contributed by atoms with E-state index in [0.717, 1.165) is 68.1 Å². The summed E-state index contributed by atoms with van der Waals surface area (Å²) in [5, 5.41) is 8.96. The molecule has 4 aliphatic heterocycles. The predicted octanol–water partition coefficient (Wildman–Crippen LogP) is 4.86. The molecule has 0 bridgehead atoms. The lowest BCUT2D eigenvalue weighted by molar-refractivity contribution is -0.123. The van der Waals surface area contributed by atoms with Gasteiger partial charge in [0.1, 0.15) is 35.6 Å². The normalized spacial score (nSPS) is 24.5. The number of carbonyl (C=O) groups excluding carboxylic acids is 1. The zero-order valence-electron chi connectivity index (χ0n) is 27.6. The van der Waals surface area contributed by atoms with Crippen molar-refractivity contribution < 1.29 is 23.4 Å². The number of aromatic nitrogens is 5. The molecule has 12 nitrogen and oxygen atoms in total. The van der Waals surface area contributed by atoms with Crippen molar-refractivity contribution in [3.8, 4) is 23.1 Å². The number of pyridine rings is 1. The number of H-pyrrole nitrogens is 1. The number of aromatic amines is 1. The van der Waals surface area contributed by atoms with Crippen molar-refractivity contribution in [2.45, 2.75) is 56.0 Å². The number of hydrogen-bond donors (Lipinski definition) is 1. The van der Waals surface area contributed by atoms with Crippen LogP contribution in [0.25, 0.3) is 33.1 Å². The smallest absolute Gasteiger partial charge is 0.319 e. The fraction of sp³-hybridized carbons (Fsp3) is 0.514. The van der Waals surface area contributed by atoms with Crippen LogP contribution in [0, 0.1) is 5.82 Å². The minimum Gasteiger partial charge on any atom is -0.475 e. The Labute approximate surface area is 287 Å². The summed E-state index contributed by atoms with van der Waals surface area (Å²) >= 11 is 6.86. The van der Waals surface area contributed by atoms with Gasteiger partial charge in [0.2, 0.25) is 11.8 Å². The van der Waals surface area contributed by atoms with Crippen LogP contribution in [0.4, 0.5) is 10.2 Å². The van der Waals surface area contributed by atoms with E-state index >= 15 is 4.39 Å². The molecule has 0 radical (unpaired) electrons. The molecule has 1 aliphatic carbocycles. The van der Waals surface area contributed by atoms with Gasteiger partial charge in [-0.05, 0) is 68.2 Å². The van der Waals surface area contributed by atoms with Crippen LogP contribution in [-0.4, -0.2) is 113 Å². The molecule has 14 heteroatoms. The van der Waals surface area contributed by atoms with Gasteiger partial charge in [-0.15, -0.1) is 0 Å². The molecule has 0 spiro atoms. The Kier molecular flexibility index (Phi) is 7.44. The number of benzene rings is 1. The first-order valence-electron chi connectivity index (χ1n) is 17.1. The van der Waals surface area contributed by atoms with Crippen molar-refractivity contribution in [3.05, 3.63) is 40.3 Å². The number of carbonyl (C=O) groups is 1. The Bertz CT molecular complexity index is 2030. The number of fused-ring (bicyclic) bond motifs is 4. The van der Waals surface area contributed by atoms with Crippen LogP contribution in [0.5, 0.6) is 11.9 Å². The van der Waals surface area contributed by atoms with Crippen LogP contribution in [0.3, 0.4) is 0 Å². The van der Waals surface area contributed by atoms with Gasteiger partial charge >= 0.3 is 6.01 Å². The number of halogens is 2. The SMILES string of the molecule is CN(C)C(=O)/C=C1\CN2CCC[C@@]2(COc2nc3c4c(nc(-c5c(C6CC6)c(Cl)cc6[nH]ncc56)c(F)c4n2)OC[C@@H]2COCCCN32)C1. The number of anilines is 1. The van der Waals surface area contributed by atoms with Crippen molar-refractivity contribution in [3.63, 3.8) is 0 Å². The van der Waals surface area contributed by atoms with E-state index in [1.54, 1.807) is 31.3 Å². The van der Waals surface area contributed by atoms with Gasteiger partial charge < -0.3 is 24.0 Å². The third kappa shape index (κ3) is 5.20. The van der Waals surface area contributed by atoms with Crippen LogP contribution in [0.1, 0.15) is 50.0 Å². The molecule has 3 aromatic heterocycles. The molecule has 9 rings (SSSR count). The molecule has 7 heterocycles. The summed E-state index contributed by atoms with van der Waals surface area (Å²) in [6.07, 6.45) is 8.84. The number of ether oxygens (including phenoxy) is 3. The number of hydrogen-bond acceptors (Lipinski definition) is 10. The predicted molar refractivity (Wildman–Crippen MR) is 182 cm³/mol. The molecule has 256 valence electrons. The maximum atomic E-state index is 17.3. The molecule has 4 fully saturated rings. The highest BCUT2D eigenvalue weighted by Crippen LogP contribution is 2.51. The van der Waals surface area contributed by atoms with E-state index in [4.69, 9.17) is 40.8 Å². The number of nitrogens with one attached hydrogen (secondary N) is 1. The highest BCUT2D eigenvalue weighted by atomic mass is 35.5. The standard InChI is InChI=1S/C35H38ClFN8O4/c1-43(2)25(46)11-19-13-35(7-3-8-44(35)15-19)18-49-34-40-31-28-32(41-34)45-9-4-10-47-16-21(45)17-48-33(28)39-30(29(31)37)27-22-14-38-42-24(22)12-23(36)26(27)20-5-6-20/h11-12,14,20-21H,3-10,13,15-18H2,1-2H3,(H,38,42)/b19-11-/t21-,35-/m0/s1. The Morgan fingerprint density at radius 1 is 1.22 bits per heavy atom. The first-order valence-corrected chi connectivity index (χ1v) is 17.5. The summed E-state index contributed by atoms with van der Waals surface area (Å²) in [6.45, 7) is 3.97. The van der Waals surface area contributed by atoms with E-state index in [0.29, 0.717) is 60.3 Å². The van der Waals surface area contributed by atoms with Gasteiger partial charge in [-0.3, -0.25) is 14.8 Å². The van der Waals surface area contributed by atoms with E-state index in [1.807, 2.05) is 6.07 Å². The summed E-state index contributed by atoms with van der Waals surface area (Å²) < 4.78 is 36.1. The zero-order valence-corrected chi connectivity index (χ0v) is 28.4. The summed E-state index contributed by atoms with van der Waals surface area (Å²) in [6, 6.07) is 1.80. The molecular weight excluding hydrogens is 651 g/mol. The van der Waals surface area contributed by atoms with Crippen LogP contribution in [0.15, 0.2) is 23.9 Å². The number of rotatable bonds is 6. The Hall–Kier alpha value is -4.07. The third-order valence-corrected chi connectivity index (χ3v) is 11.0. The Balaban J connectivity index is 1.18. The molecule has 2 atom stereocenters. The highest BCUT2D eigenvalue weighted by Gasteiger charge is 2.47. The van der Waals surface area contributed by atoms with Gasteiger partial charge in [0.25, 0.3) is 0 Å². The van der Waals surface area contributed by atoms with Gasteiger partial charge in [-0.1, -0.05) is 11.6 Å². The van der Waals surface area contributed by atoms with Crippen molar-refractivity contribution in [1.82, 2.24) is 34.9 Å². The van der Waals surface area contributed by atoms with Crippen LogP contribution >= 0.6 is 11.6 Å². The van der Waals surface area contributed by atoms with Crippen LogP contribution in [0.2, 0.25) is 5.02 Å². The van der Waals surface area contributed by atoms with Crippen molar-refractivity contribution in [2.75, 3.05) is 65.1 Å². The topological polar surface area (TPSA) is 122 Å². The van der Waals surface area contributed by atoms with Gasteiger partial charge in [-0.25, -0.2) is 9.37 Å². The average molecular weight is 689 g/mol. The summed E-state index contributed by atoms with van der Waals surface area (Å²) in [5.41, 5.74) is 3.20. The van der Waals surface area contributed by atoms with E-state index in [-0.39, 0.29) is 46.5 Å². The molecule has 1 N–H and O–H groups in total. The molecular formula is C35H38ClFN8O4. The van der Waals surface area contributed by atoms with E-state index in [9.17, 15) is 4.79 Å². The molecule has 1 amide bonds. The number of likely N-dealkylation sites (N-methyl/N-ethyl adjacent to an activating group) is 1. The molecule has 49 heavy (non-hydrogen) atoms. The minimum absolute atomic E-state index is 0.0218. The molecule has 3 saturated heterocycles. The lowest BCUT2D eigenvalue weighted by Crippen LogP contribution is -2.43. The summed E-state index contributed by atoms with van der Waals surface area (Å²) in [4.78, 5) is 33.2. The number of nitrogens with zero attached hydrogens (tertiary/aromatic N) is 7. The van der Waals surface area contributed by atoms with E-state index in [2.05, 4.69) is 20.0 Å². The lowest BCUT2D eigenvalue weighted by Gasteiger charge is -2.31. The fourth-order valence-corrected chi connectivity index (χ4v) is 8.50. The first kappa shape index (κ1) is 30.9. The number of amides is 1. The quantitative estimate of drug-likeness (QED) is 0.281. The van der Waals surface area contributed by atoms with Gasteiger partial charge in [0.15, 0.2) is 5.82 Å². The Morgan fingerprint density at radius 2 is 2.10 bits per heavy atom. The maximum absolute atomic E-state index is 17.3. The second-order valence-corrected chi connectivity index (χ2v) is 14.6. The van der Waals surface area contributed by atoms with Crippen molar-refractivity contribution >= 4 is 45.1 Å². The average Bonchev–Trinajstić information content (AvgIpc) is 3.67. The lowest BCUT2D eigenvalue weighted by atomic mass is 9.93. The fourth-order valence-electron chi connectivity index (χ4n) is 8.15. The van der Waals surface area contributed by atoms with Crippen LogP contribution < -0.4 is 14.4 Å². The molecule has 1 saturated carbocycles. The van der Waals surface area contributed by atoms with Gasteiger partial charge in [-0.2, -0.15) is 15.1 Å². The Morgan fingerprint density at radius 3 is 2.94 bits per heavy atom. The maximum Gasteiger partial charge on any atom is 0.319 e. The molecule has 5 aliphatic rings. The third-order valence-electron chi connectivity index (χ3n) is 10.7. The van der Waals surface area contributed by atoms with E-state index in [1.165, 1.54) is 0 Å². The second kappa shape index (κ2) is 11.8. The largest absolute Gasteiger partial charge is 0.475 e. The van der Waals surface area contributed by atoms with Crippen molar-refractivity contribution in [2.24, 2.45) is 0 Å². The monoisotopic (exact) mass is 688 g/mol. The van der Waals surface area contributed by atoms with E-state index < -0.39 is 5.82 Å². The summed E-state index contributed by atoms with van der Waals surface area (Å²) in [5.74, 6) is 0.413. The minimum atomic E-state index is -0.582. The molecule has 1 aromatic carbocycles. The highest BCUT2D eigenvalue weighted by molar-refractivity contribution is 6.33. The second-order valence-electron chi connectivity index (χ2n) is 14.2. The van der Waals surface area contributed by atoms with Gasteiger partial charge in [0, 0.05) is 55.8 Å². The van der Waals surface area contributed by atoms with Crippen LogP contribution in [-0.2, 0) is 9.53 Å².